The summed E-state index contributed by atoms with van der Waals surface area (Å²) < 4.78 is 5.51. The third kappa shape index (κ3) is 4.78. The maximum absolute atomic E-state index is 12.8. The predicted molar refractivity (Wildman–Crippen MR) is 115 cm³/mol. The summed E-state index contributed by atoms with van der Waals surface area (Å²) in [6.45, 7) is 1.65. The molecule has 1 aliphatic heterocycles. The number of urea groups is 1. The highest BCUT2D eigenvalue weighted by molar-refractivity contribution is 7.99. The molecule has 11 heteroatoms. The fourth-order valence-corrected chi connectivity index (χ4v) is 4.25. The Bertz CT molecular complexity index is 1090. The molecule has 31 heavy (non-hydrogen) atoms. The van der Waals surface area contributed by atoms with Crippen molar-refractivity contribution in [1.29, 1.82) is 0 Å². The fraction of sp³-hybridized carbons (Fsp3) is 0.250. The monoisotopic (exact) mass is 457 g/mol. The van der Waals surface area contributed by atoms with Crippen molar-refractivity contribution in [3.05, 3.63) is 53.4 Å². The van der Waals surface area contributed by atoms with Crippen LogP contribution in [0.4, 0.5) is 4.79 Å². The lowest BCUT2D eigenvalue weighted by atomic mass is 9.93. The van der Waals surface area contributed by atoms with Crippen molar-refractivity contribution in [3.8, 4) is 10.8 Å². The van der Waals surface area contributed by atoms with E-state index in [4.69, 9.17) is 4.42 Å². The van der Waals surface area contributed by atoms with E-state index in [-0.39, 0.29) is 11.0 Å². The lowest BCUT2D eigenvalue weighted by molar-refractivity contribution is -0.138. The average molecular weight is 458 g/mol. The first kappa shape index (κ1) is 21.1. The van der Waals surface area contributed by atoms with Crippen LogP contribution in [0.5, 0.6) is 0 Å². The number of benzene rings is 1. The zero-order chi connectivity index (χ0) is 21.8. The van der Waals surface area contributed by atoms with Crippen LogP contribution in [0, 0.1) is 0 Å². The van der Waals surface area contributed by atoms with Gasteiger partial charge in [-0.1, -0.05) is 48.2 Å². The first-order valence-corrected chi connectivity index (χ1v) is 11.3. The lowest BCUT2D eigenvalue weighted by Gasteiger charge is -2.21. The van der Waals surface area contributed by atoms with Gasteiger partial charge in [0.25, 0.3) is 17.0 Å². The number of nitrogens with one attached hydrogen (secondary N) is 2. The fourth-order valence-electron chi connectivity index (χ4n) is 3.05. The molecule has 2 N–H and O–H groups in total. The molecule has 1 aliphatic rings. The smallest absolute Gasteiger partial charge is 0.344 e. The summed E-state index contributed by atoms with van der Waals surface area (Å²) in [5.74, 6) is -0.744. The molecule has 4 rings (SSSR count). The maximum atomic E-state index is 12.8. The molecular weight excluding hydrogens is 438 g/mol. The molecule has 1 atom stereocenters. The van der Waals surface area contributed by atoms with Crippen molar-refractivity contribution in [1.82, 2.24) is 25.9 Å². The summed E-state index contributed by atoms with van der Waals surface area (Å²) in [4.78, 5) is 38.2. The summed E-state index contributed by atoms with van der Waals surface area (Å²) >= 11 is 2.49. The van der Waals surface area contributed by atoms with Crippen LogP contribution >= 0.6 is 23.1 Å². The van der Waals surface area contributed by atoms with E-state index in [1.165, 1.54) is 11.3 Å². The van der Waals surface area contributed by atoms with Gasteiger partial charge in [-0.15, -0.1) is 21.5 Å². The van der Waals surface area contributed by atoms with Gasteiger partial charge >= 0.3 is 6.03 Å². The summed E-state index contributed by atoms with van der Waals surface area (Å²) in [6.07, 6.45) is 1.03. The minimum atomic E-state index is -1.09. The number of carbonyl (C=O) groups excluding carboxylic acids is 3. The number of hydrogen-bond acceptors (Lipinski definition) is 8. The van der Waals surface area contributed by atoms with Crippen molar-refractivity contribution in [2.24, 2.45) is 0 Å². The molecule has 0 spiro atoms. The van der Waals surface area contributed by atoms with Gasteiger partial charge in [-0.05, 0) is 36.8 Å². The van der Waals surface area contributed by atoms with Crippen LogP contribution in [0.3, 0.4) is 0 Å². The number of rotatable bonds is 8. The molecule has 0 unspecified atom stereocenters. The number of thiophene rings is 1. The van der Waals surface area contributed by atoms with Gasteiger partial charge < -0.3 is 9.73 Å². The number of nitrogens with zero attached hydrogens (tertiary/aromatic N) is 3. The molecule has 3 heterocycles. The molecular formula is C20H19N5O4S2. The summed E-state index contributed by atoms with van der Waals surface area (Å²) in [5.41, 5.74) is 2.33. The van der Waals surface area contributed by atoms with E-state index in [1.807, 2.05) is 47.8 Å². The Morgan fingerprint density at radius 3 is 2.77 bits per heavy atom. The van der Waals surface area contributed by atoms with Gasteiger partial charge in [0.1, 0.15) is 5.54 Å². The van der Waals surface area contributed by atoms with E-state index in [0.29, 0.717) is 18.7 Å². The summed E-state index contributed by atoms with van der Waals surface area (Å²) in [7, 11) is 0. The number of hydrazine groups is 1. The number of hydrogen-bond donors (Lipinski definition) is 2. The van der Waals surface area contributed by atoms with Gasteiger partial charge in [0.2, 0.25) is 5.91 Å². The minimum absolute atomic E-state index is 0.0934. The average Bonchev–Trinajstić information content (AvgIpc) is 3.50. The van der Waals surface area contributed by atoms with Crippen molar-refractivity contribution < 1.29 is 18.8 Å². The van der Waals surface area contributed by atoms with E-state index in [9.17, 15) is 14.4 Å². The van der Waals surface area contributed by atoms with Crippen molar-refractivity contribution in [3.63, 3.8) is 0 Å². The molecule has 0 bridgehead atoms. The van der Waals surface area contributed by atoms with Crippen LogP contribution in [0.15, 0.2) is 57.5 Å². The Kier molecular flexibility index (Phi) is 6.05. The Labute approximate surface area is 186 Å². The standard InChI is InChI=1S/C20H19N5O4S2/c1-20(10-9-13-6-3-2-4-7-13)17(27)25(18(28)21-20)24-15(26)12-31-19-23-22-16(29-19)14-8-5-11-30-14/h2-8,11H,9-10,12H2,1H3,(H,21,28)(H,24,26)/t20-/m0/s1. The van der Waals surface area contributed by atoms with Gasteiger partial charge in [-0.2, -0.15) is 5.01 Å². The van der Waals surface area contributed by atoms with Crippen LogP contribution in [-0.4, -0.2) is 44.3 Å². The van der Waals surface area contributed by atoms with Crippen molar-refractivity contribution >= 4 is 40.9 Å². The van der Waals surface area contributed by atoms with Crippen molar-refractivity contribution in [2.75, 3.05) is 5.75 Å². The lowest BCUT2D eigenvalue weighted by Crippen LogP contribution is -2.49. The Balaban J connectivity index is 1.30. The second-order valence-corrected chi connectivity index (χ2v) is 8.94. The predicted octanol–water partition coefficient (Wildman–Crippen LogP) is 2.86. The highest BCUT2D eigenvalue weighted by atomic mass is 32.2. The number of thioether (sulfide) groups is 1. The highest BCUT2D eigenvalue weighted by Gasteiger charge is 2.48. The second-order valence-electron chi connectivity index (χ2n) is 7.06. The third-order valence-electron chi connectivity index (χ3n) is 4.72. The SMILES string of the molecule is C[C@@]1(CCc2ccccc2)NC(=O)N(NC(=O)CSc2nnc(-c3cccs3)o2)C1=O. The summed E-state index contributed by atoms with van der Waals surface area (Å²) in [6, 6.07) is 12.7. The van der Waals surface area contributed by atoms with Gasteiger partial charge in [0.15, 0.2) is 0 Å². The topological polar surface area (TPSA) is 117 Å². The van der Waals surface area contributed by atoms with E-state index in [2.05, 4.69) is 20.9 Å². The molecule has 4 amide bonds. The Morgan fingerprint density at radius 1 is 1.23 bits per heavy atom. The first-order chi connectivity index (χ1) is 14.9. The van der Waals surface area contributed by atoms with Gasteiger partial charge in [-0.3, -0.25) is 15.0 Å². The minimum Gasteiger partial charge on any atom is -0.410 e. The van der Waals surface area contributed by atoms with E-state index < -0.39 is 23.4 Å². The van der Waals surface area contributed by atoms with Gasteiger partial charge in [-0.25, -0.2) is 4.79 Å². The highest BCUT2D eigenvalue weighted by Crippen LogP contribution is 2.26. The maximum Gasteiger partial charge on any atom is 0.344 e. The zero-order valence-electron chi connectivity index (χ0n) is 16.5. The Morgan fingerprint density at radius 2 is 2.03 bits per heavy atom. The molecule has 9 nitrogen and oxygen atoms in total. The van der Waals surface area contributed by atoms with Gasteiger partial charge in [0, 0.05) is 0 Å². The number of carbonyl (C=O) groups is 3. The van der Waals surface area contributed by atoms with E-state index >= 15 is 0 Å². The largest absolute Gasteiger partial charge is 0.410 e. The number of aryl methyl sites for hydroxylation is 1. The van der Waals surface area contributed by atoms with Gasteiger partial charge in [0.05, 0.1) is 10.6 Å². The normalized spacial score (nSPS) is 18.3. The van der Waals surface area contributed by atoms with Crippen LogP contribution in [-0.2, 0) is 16.0 Å². The van der Waals surface area contributed by atoms with E-state index in [1.54, 1.807) is 6.92 Å². The summed E-state index contributed by atoms with van der Waals surface area (Å²) in [5, 5.41) is 13.4. The number of amides is 4. The molecule has 1 fully saturated rings. The van der Waals surface area contributed by atoms with Crippen LogP contribution in [0.1, 0.15) is 18.9 Å². The van der Waals surface area contributed by atoms with E-state index in [0.717, 1.165) is 27.2 Å². The number of imide groups is 1. The molecule has 1 aromatic carbocycles. The quantitative estimate of drug-likeness (QED) is 0.394. The molecule has 3 aromatic rings. The molecule has 160 valence electrons. The molecule has 0 aliphatic carbocycles. The van der Waals surface area contributed by atoms with Crippen LogP contribution in [0.2, 0.25) is 0 Å². The number of aromatic nitrogens is 2. The molecule has 0 radical (unpaired) electrons. The van der Waals surface area contributed by atoms with Crippen LogP contribution < -0.4 is 10.7 Å². The second kappa shape index (κ2) is 8.90. The zero-order valence-corrected chi connectivity index (χ0v) is 18.2. The molecule has 2 aromatic heterocycles. The molecule has 1 saturated heterocycles. The van der Waals surface area contributed by atoms with Crippen molar-refractivity contribution in [2.45, 2.75) is 30.5 Å². The Hall–Kier alpha value is -3.18. The molecule has 0 saturated carbocycles. The third-order valence-corrected chi connectivity index (χ3v) is 6.40. The van der Waals surface area contributed by atoms with Crippen LogP contribution in [0.25, 0.3) is 10.8 Å². The first-order valence-electron chi connectivity index (χ1n) is 9.45.